The van der Waals surface area contributed by atoms with Crippen LogP contribution in [0.5, 0.6) is 17.2 Å². The first-order valence-corrected chi connectivity index (χ1v) is 4.33. The highest BCUT2D eigenvalue weighted by atomic mass is 16.5. The van der Waals surface area contributed by atoms with Gasteiger partial charge in [-0.3, -0.25) is 0 Å². The molecular formula is C10H10O5. The van der Waals surface area contributed by atoms with Crippen LogP contribution in [0.4, 0.5) is 0 Å². The maximum absolute atomic E-state index is 11.3. The number of hydrogen-bond donors (Lipinski definition) is 1. The summed E-state index contributed by atoms with van der Waals surface area (Å²) in [7, 11) is 2.82. The number of ether oxygens (including phenoxy) is 3. The second-order valence-electron chi connectivity index (χ2n) is 3.06. The van der Waals surface area contributed by atoms with Crippen LogP contribution in [0, 0.1) is 0 Å². The Labute approximate surface area is 86.2 Å². The van der Waals surface area contributed by atoms with Gasteiger partial charge >= 0.3 is 5.97 Å². The number of rotatable bonds is 2. The quantitative estimate of drug-likeness (QED) is 0.740. The Morgan fingerprint density at radius 1 is 1.40 bits per heavy atom. The van der Waals surface area contributed by atoms with Crippen molar-refractivity contribution in [3.8, 4) is 17.2 Å². The molecule has 1 heterocycles. The third kappa shape index (κ3) is 1.27. The van der Waals surface area contributed by atoms with E-state index in [2.05, 4.69) is 0 Å². The molecule has 2 rings (SSSR count). The molecule has 1 aromatic rings. The van der Waals surface area contributed by atoms with Gasteiger partial charge < -0.3 is 19.3 Å². The maximum atomic E-state index is 11.3. The van der Waals surface area contributed by atoms with Crippen molar-refractivity contribution in [3.63, 3.8) is 0 Å². The minimum atomic E-state index is -0.429. The van der Waals surface area contributed by atoms with E-state index in [4.69, 9.17) is 14.2 Å². The van der Waals surface area contributed by atoms with E-state index in [9.17, 15) is 9.90 Å². The zero-order valence-electron chi connectivity index (χ0n) is 8.36. The van der Waals surface area contributed by atoms with Crippen molar-refractivity contribution >= 4 is 5.97 Å². The summed E-state index contributed by atoms with van der Waals surface area (Å²) in [6.07, 6.45) is 0. The van der Waals surface area contributed by atoms with E-state index in [1.165, 1.54) is 20.3 Å². The van der Waals surface area contributed by atoms with Gasteiger partial charge in [-0.25, -0.2) is 4.79 Å². The molecule has 0 spiro atoms. The number of fused-ring (bicyclic) bond motifs is 1. The molecule has 1 aliphatic rings. The van der Waals surface area contributed by atoms with Crippen molar-refractivity contribution in [1.82, 2.24) is 0 Å². The summed E-state index contributed by atoms with van der Waals surface area (Å²) >= 11 is 0. The average molecular weight is 210 g/mol. The van der Waals surface area contributed by atoms with E-state index in [0.29, 0.717) is 11.1 Å². The highest BCUT2D eigenvalue weighted by molar-refractivity contribution is 5.95. The summed E-state index contributed by atoms with van der Waals surface area (Å²) in [5, 5.41) is 9.72. The lowest BCUT2D eigenvalue weighted by molar-refractivity contribution is 0.0534. The number of carbonyl (C=O) groups is 1. The van der Waals surface area contributed by atoms with Gasteiger partial charge in [-0.15, -0.1) is 0 Å². The van der Waals surface area contributed by atoms with Crippen molar-refractivity contribution in [2.24, 2.45) is 0 Å². The molecule has 5 heteroatoms. The third-order valence-corrected chi connectivity index (χ3v) is 2.31. The van der Waals surface area contributed by atoms with E-state index >= 15 is 0 Å². The highest BCUT2D eigenvalue weighted by Gasteiger charge is 2.29. The molecule has 5 nitrogen and oxygen atoms in total. The van der Waals surface area contributed by atoms with E-state index in [1.807, 2.05) is 0 Å². The van der Waals surface area contributed by atoms with Gasteiger partial charge in [-0.2, -0.15) is 0 Å². The van der Waals surface area contributed by atoms with Gasteiger partial charge in [-0.1, -0.05) is 0 Å². The molecule has 80 valence electrons. The Hall–Kier alpha value is -1.91. The second kappa shape index (κ2) is 3.34. The lowest BCUT2D eigenvalue weighted by atomic mass is 10.1. The highest BCUT2D eigenvalue weighted by Crippen LogP contribution is 2.43. The normalized spacial score (nSPS) is 13.3. The number of hydrogen-bond acceptors (Lipinski definition) is 5. The van der Waals surface area contributed by atoms with Crippen LogP contribution in [0.1, 0.15) is 15.9 Å². The number of carbonyl (C=O) groups excluding carboxylic acids is 1. The van der Waals surface area contributed by atoms with Gasteiger partial charge in [-0.05, 0) is 6.07 Å². The minimum Gasteiger partial charge on any atom is -0.502 e. The molecule has 0 saturated carbocycles. The summed E-state index contributed by atoms with van der Waals surface area (Å²) in [6, 6.07) is 1.45. The summed E-state index contributed by atoms with van der Waals surface area (Å²) in [6.45, 7) is 0.120. The number of cyclic esters (lactones) is 1. The van der Waals surface area contributed by atoms with Crippen LogP contribution < -0.4 is 9.47 Å². The number of benzene rings is 1. The molecule has 0 atom stereocenters. The van der Waals surface area contributed by atoms with Crippen LogP contribution in [-0.2, 0) is 11.3 Å². The van der Waals surface area contributed by atoms with Crippen molar-refractivity contribution in [2.75, 3.05) is 14.2 Å². The fourth-order valence-corrected chi connectivity index (χ4v) is 1.58. The Bertz CT molecular complexity index is 424. The van der Waals surface area contributed by atoms with Crippen molar-refractivity contribution < 1.29 is 24.1 Å². The van der Waals surface area contributed by atoms with Crippen LogP contribution in [0.25, 0.3) is 0 Å². The zero-order valence-corrected chi connectivity index (χ0v) is 8.36. The van der Waals surface area contributed by atoms with Crippen LogP contribution in [0.15, 0.2) is 6.07 Å². The van der Waals surface area contributed by atoms with Gasteiger partial charge in [0, 0.05) is 0 Å². The van der Waals surface area contributed by atoms with Crippen molar-refractivity contribution in [3.05, 3.63) is 17.2 Å². The van der Waals surface area contributed by atoms with E-state index in [0.717, 1.165) is 0 Å². The van der Waals surface area contributed by atoms with Gasteiger partial charge in [0.2, 0.25) is 5.75 Å². The van der Waals surface area contributed by atoms with Gasteiger partial charge in [0.1, 0.15) is 6.61 Å². The molecule has 0 saturated heterocycles. The molecule has 1 aromatic carbocycles. The van der Waals surface area contributed by atoms with E-state index in [-0.39, 0.29) is 23.9 Å². The van der Waals surface area contributed by atoms with Crippen LogP contribution in [-0.4, -0.2) is 25.3 Å². The fraction of sp³-hybridized carbons (Fsp3) is 0.300. The molecule has 0 radical (unpaired) electrons. The van der Waals surface area contributed by atoms with Crippen LogP contribution >= 0.6 is 0 Å². The first kappa shape index (κ1) is 9.64. The van der Waals surface area contributed by atoms with Crippen LogP contribution in [0.2, 0.25) is 0 Å². The second-order valence-corrected chi connectivity index (χ2v) is 3.06. The maximum Gasteiger partial charge on any atom is 0.339 e. The average Bonchev–Trinajstić information content (AvgIpc) is 2.59. The Kier molecular flexibility index (Phi) is 2.15. The number of esters is 1. The minimum absolute atomic E-state index is 0.114. The van der Waals surface area contributed by atoms with Gasteiger partial charge in [0.15, 0.2) is 11.5 Å². The Balaban J connectivity index is 2.68. The fourth-order valence-electron chi connectivity index (χ4n) is 1.58. The molecule has 0 fully saturated rings. The molecule has 0 bridgehead atoms. The summed E-state index contributed by atoms with van der Waals surface area (Å²) < 4.78 is 14.8. The lowest BCUT2D eigenvalue weighted by Crippen LogP contribution is -1.97. The molecular weight excluding hydrogens is 200 g/mol. The number of phenolic OH excluding ortho intramolecular Hbond substituents is 1. The predicted octanol–water partition coefficient (Wildman–Crippen LogP) is 1.08. The lowest BCUT2D eigenvalue weighted by Gasteiger charge is -2.10. The first-order chi connectivity index (χ1) is 7.19. The smallest absolute Gasteiger partial charge is 0.339 e. The monoisotopic (exact) mass is 210 g/mol. The first-order valence-electron chi connectivity index (χ1n) is 4.33. The van der Waals surface area contributed by atoms with Gasteiger partial charge in [0.25, 0.3) is 0 Å². The number of phenols is 1. The Morgan fingerprint density at radius 2 is 2.13 bits per heavy atom. The number of methoxy groups -OCH3 is 2. The summed E-state index contributed by atoms with van der Waals surface area (Å²) in [5.74, 6) is -0.113. The zero-order chi connectivity index (χ0) is 11.0. The number of aromatic hydroxyl groups is 1. The summed E-state index contributed by atoms with van der Waals surface area (Å²) in [5.41, 5.74) is 0.933. The van der Waals surface area contributed by atoms with Crippen molar-refractivity contribution in [2.45, 2.75) is 6.61 Å². The SMILES string of the molecule is COc1cc2c(c(OC)c1O)COC2=O. The topological polar surface area (TPSA) is 65.0 Å². The Morgan fingerprint density at radius 3 is 2.73 bits per heavy atom. The molecule has 1 aliphatic heterocycles. The van der Waals surface area contributed by atoms with E-state index < -0.39 is 5.97 Å². The standard InChI is InChI=1S/C10H10O5/c1-13-7-3-5-6(4-15-10(5)12)9(14-2)8(7)11/h3,11H,4H2,1-2H3. The molecule has 15 heavy (non-hydrogen) atoms. The predicted molar refractivity (Wildman–Crippen MR) is 50.3 cm³/mol. The van der Waals surface area contributed by atoms with Gasteiger partial charge in [0.05, 0.1) is 25.3 Å². The largest absolute Gasteiger partial charge is 0.502 e. The van der Waals surface area contributed by atoms with E-state index in [1.54, 1.807) is 0 Å². The molecule has 0 amide bonds. The third-order valence-electron chi connectivity index (χ3n) is 2.31. The van der Waals surface area contributed by atoms with Crippen molar-refractivity contribution in [1.29, 1.82) is 0 Å². The summed E-state index contributed by atoms with van der Waals surface area (Å²) in [4.78, 5) is 11.3. The molecule has 0 aromatic heterocycles. The van der Waals surface area contributed by atoms with Crippen LogP contribution in [0.3, 0.4) is 0 Å². The molecule has 0 aliphatic carbocycles. The molecule has 1 N–H and O–H groups in total. The molecule has 0 unspecified atom stereocenters.